The molecule has 3 N–H and O–H groups in total. The summed E-state index contributed by atoms with van der Waals surface area (Å²) in [4.78, 5) is 37.8. The maximum Gasteiger partial charge on any atom is 0.408 e. The number of alkyl carbamates (subject to hydrolysis) is 1. The quantitative estimate of drug-likeness (QED) is 0.477. The summed E-state index contributed by atoms with van der Waals surface area (Å²) >= 11 is 0. The van der Waals surface area contributed by atoms with Gasteiger partial charge in [-0.15, -0.1) is 0 Å². The minimum atomic E-state index is -1.17. The molecule has 1 saturated carbocycles. The number of allylic oxidation sites excluding steroid dienone is 1. The second kappa shape index (κ2) is 10.3. The lowest BCUT2D eigenvalue weighted by Crippen LogP contribution is -2.59. The summed E-state index contributed by atoms with van der Waals surface area (Å²) in [5.74, 6) is -1.66. The molecule has 7 heteroatoms. The zero-order valence-electron chi connectivity index (χ0n) is 20.2. The van der Waals surface area contributed by atoms with Gasteiger partial charge in [-0.25, -0.2) is 9.59 Å². The lowest BCUT2D eigenvalue weighted by Gasteiger charge is -2.30. The van der Waals surface area contributed by atoms with Crippen LogP contribution in [0.4, 0.5) is 4.79 Å². The number of carbonyl (C=O) groups excluding carboxylic acids is 2. The van der Waals surface area contributed by atoms with Crippen LogP contribution >= 0.6 is 0 Å². The number of ether oxygens (including phenoxy) is 1. The number of carboxylic acid groups (broad SMARTS) is 1. The van der Waals surface area contributed by atoms with Gasteiger partial charge in [0.1, 0.15) is 18.2 Å². The van der Waals surface area contributed by atoms with Crippen LogP contribution in [0.5, 0.6) is 0 Å². The minimum Gasteiger partial charge on any atom is -0.480 e. The van der Waals surface area contributed by atoms with Gasteiger partial charge < -0.3 is 20.5 Å². The van der Waals surface area contributed by atoms with Gasteiger partial charge >= 0.3 is 12.1 Å². The Morgan fingerprint density at radius 1 is 1.03 bits per heavy atom. The molecule has 0 heterocycles. The molecule has 0 saturated heterocycles. The van der Waals surface area contributed by atoms with Crippen LogP contribution in [0.2, 0.25) is 0 Å². The minimum absolute atomic E-state index is 0.0815. The summed E-state index contributed by atoms with van der Waals surface area (Å²) < 4.78 is 5.65. The van der Waals surface area contributed by atoms with Crippen molar-refractivity contribution in [1.82, 2.24) is 10.6 Å². The highest BCUT2D eigenvalue weighted by Crippen LogP contribution is 2.44. The lowest BCUT2D eigenvalue weighted by atomic mass is 9.95. The van der Waals surface area contributed by atoms with Crippen molar-refractivity contribution in [3.05, 3.63) is 71.3 Å². The van der Waals surface area contributed by atoms with E-state index in [4.69, 9.17) is 4.74 Å². The van der Waals surface area contributed by atoms with E-state index in [1.807, 2.05) is 50.2 Å². The molecule has 184 valence electrons. The van der Waals surface area contributed by atoms with E-state index in [0.717, 1.165) is 40.7 Å². The first kappa shape index (κ1) is 24.5. The smallest absolute Gasteiger partial charge is 0.408 e. The van der Waals surface area contributed by atoms with Crippen LogP contribution in [-0.4, -0.2) is 41.3 Å². The normalized spacial score (nSPS) is 16.5. The molecule has 35 heavy (non-hydrogen) atoms. The van der Waals surface area contributed by atoms with Gasteiger partial charge in [0, 0.05) is 5.92 Å². The number of hydrogen-bond acceptors (Lipinski definition) is 4. The Kier molecular flexibility index (Phi) is 7.24. The van der Waals surface area contributed by atoms with Gasteiger partial charge in [0.05, 0.1) is 0 Å². The number of benzene rings is 2. The average molecular weight is 477 g/mol. The largest absolute Gasteiger partial charge is 0.480 e. The zero-order chi connectivity index (χ0) is 25.0. The maximum absolute atomic E-state index is 13.2. The summed E-state index contributed by atoms with van der Waals surface area (Å²) in [5.41, 5.74) is 4.30. The van der Waals surface area contributed by atoms with Gasteiger partial charge in [-0.2, -0.15) is 0 Å². The first-order valence-corrected chi connectivity index (χ1v) is 12.1. The summed E-state index contributed by atoms with van der Waals surface area (Å²) in [6.07, 6.45) is 3.71. The second-order valence-corrected chi connectivity index (χ2v) is 9.62. The van der Waals surface area contributed by atoms with E-state index in [9.17, 15) is 19.5 Å². The van der Waals surface area contributed by atoms with Crippen LogP contribution < -0.4 is 10.6 Å². The Balaban J connectivity index is 1.44. The van der Waals surface area contributed by atoms with Crippen molar-refractivity contribution < 1.29 is 24.2 Å². The Labute approximate surface area is 205 Å². The first-order valence-electron chi connectivity index (χ1n) is 12.1. The van der Waals surface area contributed by atoms with Crippen LogP contribution in [0, 0.1) is 0 Å². The molecule has 2 aliphatic carbocycles. The third-order valence-corrected chi connectivity index (χ3v) is 6.94. The van der Waals surface area contributed by atoms with E-state index in [0.29, 0.717) is 12.8 Å². The van der Waals surface area contributed by atoms with E-state index >= 15 is 0 Å². The van der Waals surface area contributed by atoms with Crippen molar-refractivity contribution in [1.29, 1.82) is 0 Å². The van der Waals surface area contributed by atoms with Crippen molar-refractivity contribution in [3.63, 3.8) is 0 Å². The Morgan fingerprint density at radius 3 is 2.14 bits per heavy atom. The third-order valence-electron chi connectivity index (χ3n) is 6.94. The molecule has 0 spiro atoms. The van der Waals surface area contributed by atoms with Gasteiger partial charge in [0.2, 0.25) is 5.91 Å². The Morgan fingerprint density at radius 2 is 1.60 bits per heavy atom. The summed E-state index contributed by atoms with van der Waals surface area (Å²) in [5, 5.41) is 15.0. The van der Waals surface area contributed by atoms with Crippen molar-refractivity contribution in [3.8, 4) is 11.1 Å². The van der Waals surface area contributed by atoms with Gasteiger partial charge in [0.25, 0.3) is 0 Å². The molecule has 2 aliphatic rings. The van der Waals surface area contributed by atoms with Crippen molar-refractivity contribution in [2.24, 2.45) is 0 Å². The standard InChI is InChI=1S/C28H32N2O5/c1-18(2)13-14-24(25(31)32)29-26(33)28(15-7-8-16-28)30-27(34)35-17-23-21-11-5-3-9-19(21)20-10-4-6-12-22(20)23/h3-6,9-13,23-24H,7-8,14-17H2,1-2H3,(H,29,33)(H,30,34)(H,31,32). The summed E-state index contributed by atoms with van der Waals surface area (Å²) in [6, 6.07) is 15.1. The van der Waals surface area contributed by atoms with E-state index in [2.05, 4.69) is 22.8 Å². The molecule has 0 aliphatic heterocycles. The molecule has 0 radical (unpaired) electrons. The number of carbonyl (C=O) groups is 3. The fraction of sp³-hybridized carbons (Fsp3) is 0.393. The van der Waals surface area contributed by atoms with E-state index in [1.165, 1.54) is 0 Å². The third kappa shape index (κ3) is 5.24. The summed E-state index contributed by atoms with van der Waals surface area (Å²) in [7, 11) is 0. The van der Waals surface area contributed by atoms with Crippen molar-refractivity contribution in [2.45, 2.75) is 63.5 Å². The monoisotopic (exact) mass is 476 g/mol. The Bertz CT molecular complexity index is 1100. The molecule has 2 amide bonds. The molecular formula is C28H32N2O5. The highest BCUT2D eigenvalue weighted by atomic mass is 16.5. The molecule has 1 unspecified atom stereocenters. The molecule has 4 rings (SSSR count). The fourth-order valence-electron chi connectivity index (χ4n) is 5.09. The number of rotatable bonds is 8. The number of aliphatic carboxylic acids is 1. The number of fused-ring (bicyclic) bond motifs is 3. The summed E-state index contributed by atoms with van der Waals surface area (Å²) in [6.45, 7) is 3.89. The molecule has 7 nitrogen and oxygen atoms in total. The number of amides is 2. The van der Waals surface area contributed by atoms with Crippen LogP contribution in [0.3, 0.4) is 0 Å². The molecule has 2 aromatic rings. The number of hydrogen-bond donors (Lipinski definition) is 3. The highest BCUT2D eigenvalue weighted by Gasteiger charge is 2.44. The predicted molar refractivity (Wildman–Crippen MR) is 133 cm³/mol. The van der Waals surface area contributed by atoms with Gasteiger partial charge in [-0.3, -0.25) is 4.79 Å². The van der Waals surface area contributed by atoms with Crippen LogP contribution in [0.1, 0.15) is 63.0 Å². The molecule has 1 fully saturated rings. The first-order chi connectivity index (χ1) is 16.8. The average Bonchev–Trinajstić information content (AvgIpc) is 3.43. The number of carboxylic acids is 1. The zero-order valence-corrected chi connectivity index (χ0v) is 20.2. The highest BCUT2D eigenvalue weighted by molar-refractivity contribution is 5.93. The van der Waals surface area contributed by atoms with E-state index in [-0.39, 0.29) is 18.9 Å². The van der Waals surface area contributed by atoms with Gasteiger partial charge in [-0.05, 0) is 55.4 Å². The van der Waals surface area contributed by atoms with Crippen molar-refractivity contribution in [2.75, 3.05) is 6.61 Å². The topological polar surface area (TPSA) is 105 Å². The van der Waals surface area contributed by atoms with E-state index < -0.39 is 29.6 Å². The van der Waals surface area contributed by atoms with Crippen LogP contribution in [0.25, 0.3) is 11.1 Å². The second-order valence-electron chi connectivity index (χ2n) is 9.62. The fourth-order valence-corrected chi connectivity index (χ4v) is 5.09. The van der Waals surface area contributed by atoms with E-state index in [1.54, 1.807) is 6.08 Å². The molecule has 2 aromatic carbocycles. The maximum atomic E-state index is 13.2. The molecule has 0 bridgehead atoms. The van der Waals surface area contributed by atoms with Crippen LogP contribution in [0.15, 0.2) is 60.2 Å². The molecule has 0 aromatic heterocycles. The Hall–Kier alpha value is -3.61. The predicted octanol–water partition coefficient (Wildman–Crippen LogP) is 4.76. The SMILES string of the molecule is CC(C)=CCC(NC(=O)C1(NC(=O)OCC2c3ccccc3-c3ccccc32)CCCC1)C(=O)O. The van der Waals surface area contributed by atoms with Gasteiger partial charge in [0.15, 0.2) is 0 Å². The lowest BCUT2D eigenvalue weighted by molar-refractivity contribution is -0.142. The van der Waals surface area contributed by atoms with Crippen LogP contribution in [-0.2, 0) is 14.3 Å². The van der Waals surface area contributed by atoms with Crippen molar-refractivity contribution >= 4 is 18.0 Å². The molecular weight excluding hydrogens is 444 g/mol. The van der Waals surface area contributed by atoms with Gasteiger partial charge in [-0.1, -0.05) is 73.0 Å². The number of nitrogens with one attached hydrogen (secondary N) is 2. The molecule has 1 atom stereocenters.